The van der Waals surface area contributed by atoms with Crippen LogP contribution in [0.1, 0.15) is 45.0 Å². The summed E-state index contributed by atoms with van der Waals surface area (Å²) in [6.45, 7) is 10.2. The standard InChI is InChI=1S/C18H24BF2NO4/c1-11-10-22(6-7-24-11)16(23)12-8-15(21)13(9-14(12)20)19-25-17(2,3)18(4,5)26-19/h8-9,11H,6-7,10H2,1-5H3/t11-/m1/s1. The monoisotopic (exact) mass is 367 g/mol. The number of amides is 1. The molecule has 2 fully saturated rings. The molecule has 0 N–H and O–H groups in total. The van der Waals surface area contributed by atoms with Crippen LogP contribution in [0.5, 0.6) is 0 Å². The molecule has 2 aliphatic heterocycles. The Kier molecular flexibility index (Phi) is 4.88. The van der Waals surface area contributed by atoms with Crippen molar-refractivity contribution in [3.05, 3.63) is 29.3 Å². The summed E-state index contributed by atoms with van der Waals surface area (Å²) in [5.74, 6) is -2.06. The van der Waals surface area contributed by atoms with Crippen molar-refractivity contribution in [1.82, 2.24) is 4.90 Å². The van der Waals surface area contributed by atoms with E-state index in [2.05, 4.69) is 0 Å². The smallest absolute Gasteiger partial charge is 0.399 e. The quantitative estimate of drug-likeness (QED) is 0.752. The summed E-state index contributed by atoms with van der Waals surface area (Å²) < 4.78 is 46.2. The Labute approximate surface area is 152 Å². The lowest BCUT2D eigenvalue weighted by Crippen LogP contribution is -2.45. The topological polar surface area (TPSA) is 48.0 Å². The molecule has 2 aliphatic rings. The second-order valence-electron chi connectivity index (χ2n) is 7.87. The molecule has 1 amide bonds. The fourth-order valence-electron chi connectivity index (χ4n) is 3.05. The molecule has 2 heterocycles. The minimum Gasteiger partial charge on any atom is -0.399 e. The Morgan fingerprint density at radius 2 is 1.77 bits per heavy atom. The first kappa shape index (κ1) is 19.3. The van der Waals surface area contributed by atoms with E-state index in [1.165, 1.54) is 4.90 Å². The predicted molar refractivity (Wildman–Crippen MR) is 93.4 cm³/mol. The van der Waals surface area contributed by atoms with Crippen LogP contribution >= 0.6 is 0 Å². The van der Waals surface area contributed by atoms with Crippen molar-refractivity contribution in [3.8, 4) is 0 Å². The first-order chi connectivity index (χ1) is 12.0. The van der Waals surface area contributed by atoms with Gasteiger partial charge in [0.2, 0.25) is 0 Å². The maximum atomic E-state index is 14.7. The molecule has 0 saturated carbocycles. The molecule has 142 valence electrons. The van der Waals surface area contributed by atoms with E-state index in [0.29, 0.717) is 19.7 Å². The summed E-state index contributed by atoms with van der Waals surface area (Å²) in [7, 11) is -1.03. The molecule has 1 aromatic carbocycles. The lowest BCUT2D eigenvalue weighted by molar-refractivity contribution is -0.0126. The predicted octanol–water partition coefficient (Wildman–Crippen LogP) is 2.12. The summed E-state index contributed by atoms with van der Waals surface area (Å²) in [6, 6.07) is 1.92. The van der Waals surface area contributed by atoms with Crippen molar-refractivity contribution in [2.24, 2.45) is 0 Å². The zero-order valence-electron chi connectivity index (χ0n) is 15.8. The average molecular weight is 367 g/mol. The van der Waals surface area contributed by atoms with Gasteiger partial charge in [-0.1, -0.05) is 0 Å². The van der Waals surface area contributed by atoms with Gasteiger partial charge in [0.25, 0.3) is 5.91 Å². The SMILES string of the molecule is C[C@@H]1CN(C(=O)c2cc(F)c(B3OC(C)(C)C(C)(C)O3)cc2F)CCO1. The molecular formula is C18H24BF2NO4. The second kappa shape index (κ2) is 6.58. The molecule has 0 bridgehead atoms. The number of hydrogen-bond acceptors (Lipinski definition) is 4. The van der Waals surface area contributed by atoms with Crippen LogP contribution in [0.15, 0.2) is 12.1 Å². The van der Waals surface area contributed by atoms with E-state index >= 15 is 0 Å². The van der Waals surface area contributed by atoms with Gasteiger partial charge in [-0.2, -0.15) is 0 Å². The number of hydrogen-bond donors (Lipinski definition) is 0. The number of ether oxygens (including phenoxy) is 1. The van der Waals surface area contributed by atoms with Gasteiger partial charge in [0.1, 0.15) is 11.6 Å². The molecule has 26 heavy (non-hydrogen) atoms. The van der Waals surface area contributed by atoms with Gasteiger partial charge in [0, 0.05) is 18.6 Å². The molecule has 5 nitrogen and oxygen atoms in total. The van der Waals surface area contributed by atoms with Crippen LogP contribution in [0.25, 0.3) is 0 Å². The number of benzene rings is 1. The highest BCUT2D eigenvalue weighted by atomic mass is 19.1. The Morgan fingerprint density at radius 1 is 1.15 bits per heavy atom. The molecule has 0 radical (unpaired) electrons. The minimum atomic E-state index is -1.03. The summed E-state index contributed by atoms with van der Waals surface area (Å²) >= 11 is 0. The first-order valence-electron chi connectivity index (χ1n) is 8.77. The number of morpholine rings is 1. The van der Waals surface area contributed by atoms with Crippen LogP contribution in [-0.4, -0.2) is 54.9 Å². The summed E-state index contributed by atoms with van der Waals surface area (Å²) in [6.07, 6.45) is -0.135. The van der Waals surface area contributed by atoms with Crippen molar-refractivity contribution < 1.29 is 27.6 Å². The fourth-order valence-corrected chi connectivity index (χ4v) is 3.05. The van der Waals surface area contributed by atoms with Crippen molar-refractivity contribution in [2.75, 3.05) is 19.7 Å². The van der Waals surface area contributed by atoms with Crippen LogP contribution in [0.4, 0.5) is 8.78 Å². The van der Waals surface area contributed by atoms with E-state index < -0.39 is 35.9 Å². The first-order valence-corrected chi connectivity index (χ1v) is 8.77. The highest BCUT2D eigenvalue weighted by Gasteiger charge is 2.52. The highest BCUT2D eigenvalue weighted by Crippen LogP contribution is 2.36. The Bertz CT molecular complexity index is 709. The van der Waals surface area contributed by atoms with Crippen LogP contribution < -0.4 is 5.46 Å². The molecule has 0 unspecified atom stereocenters. The zero-order chi connectivity index (χ0) is 19.3. The van der Waals surface area contributed by atoms with Crippen LogP contribution in [0.3, 0.4) is 0 Å². The molecular weight excluding hydrogens is 343 g/mol. The highest BCUT2D eigenvalue weighted by molar-refractivity contribution is 6.62. The van der Waals surface area contributed by atoms with E-state index in [0.717, 1.165) is 12.1 Å². The molecule has 0 aliphatic carbocycles. The van der Waals surface area contributed by atoms with Crippen molar-refractivity contribution in [3.63, 3.8) is 0 Å². The third-order valence-electron chi connectivity index (χ3n) is 5.35. The average Bonchev–Trinajstić information content (AvgIpc) is 2.76. The molecule has 8 heteroatoms. The zero-order valence-corrected chi connectivity index (χ0v) is 15.8. The fraction of sp³-hybridized carbons (Fsp3) is 0.611. The summed E-state index contributed by atoms with van der Waals surface area (Å²) in [5, 5.41) is 0. The van der Waals surface area contributed by atoms with Gasteiger partial charge in [-0.15, -0.1) is 0 Å². The second-order valence-corrected chi connectivity index (χ2v) is 7.87. The summed E-state index contributed by atoms with van der Waals surface area (Å²) in [4.78, 5) is 14.0. The molecule has 1 atom stereocenters. The van der Waals surface area contributed by atoms with Gasteiger partial charge in [0.15, 0.2) is 0 Å². The van der Waals surface area contributed by atoms with Crippen molar-refractivity contribution in [2.45, 2.75) is 51.9 Å². The number of rotatable bonds is 2. The lowest BCUT2D eigenvalue weighted by atomic mass is 9.78. The third kappa shape index (κ3) is 3.37. The van der Waals surface area contributed by atoms with Gasteiger partial charge in [-0.05, 0) is 46.8 Å². The van der Waals surface area contributed by atoms with E-state index in [1.807, 2.05) is 34.6 Å². The maximum absolute atomic E-state index is 14.7. The molecule has 0 aromatic heterocycles. The largest absolute Gasteiger partial charge is 0.497 e. The molecule has 0 spiro atoms. The Hall–Kier alpha value is -1.51. The molecule has 2 saturated heterocycles. The van der Waals surface area contributed by atoms with Crippen molar-refractivity contribution in [1.29, 1.82) is 0 Å². The van der Waals surface area contributed by atoms with Gasteiger partial charge in [0.05, 0.1) is 29.5 Å². The van der Waals surface area contributed by atoms with Crippen molar-refractivity contribution >= 4 is 18.5 Å². The van der Waals surface area contributed by atoms with Gasteiger partial charge in [-0.25, -0.2) is 8.78 Å². The van der Waals surface area contributed by atoms with Gasteiger partial charge < -0.3 is 18.9 Å². The van der Waals surface area contributed by atoms with Crippen LogP contribution in [0.2, 0.25) is 0 Å². The third-order valence-corrected chi connectivity index (χ3v) is 5.35. The van der Waals surface area contributed by atoms with Gasteiger partial charge >= 0.3 is 7.12 Å². The van der Waals surface area contributed by atoms with E-state index in [9.17, 15) is 13.6 Å². The normalized spacial score (nSPS) is 24.8. The Balaban J connectivity index is 1.86. The van der Waals surface area contributed by atoms with E-state index in [4.69, 9.17) is 14.0 Å². The number of nitrogens with zero attached hydrogens (tertiary/aromatic N) is 1. The number of carbonyl (C=O) groups excluding carboxylic acids is 1. The number of halogens is 2. The van der Waals surface area contributed by atoms with Crippen LogP contribution in [0, 0.1) is 11.6 Å². The number of carbonyl (C=O) groups is 1. The Morgan fingerprint density at radius 3 is 2.35 bits per heavy atom. The van der Waals surface area contributed by atoms with E-state index in [1.54, 1.807) is 0 Å². The molecule has 3 rings (SSSR count). The molecule has 1 aromatic rings. The van der Waals surface area contributed by atoms with Gasteiger partial charge in [-0.3, -0.25) is 4.79 Å². The lowest BCUT2D eigenvalue weighted by Gasteiger charge is -2.32. The maximum Gasteiger partial charge on any atom is 0.497 e. The van der Waals surface area contributed by atoms with Crippen LogP contribution in [-0.2, 0) is 14.0 Å². The minimum absolute atomic E-state index is 0.0481. The summed E-state index contributed by atoms with van der Waals surface area (Å²) in [5.41, 5.74) is -1.68. The van der Waals surface area contributed by atoms with E-state index in [-0.39, 0.29) is 17.1 Å².